The normalized spacial score (nSPS) is 9.62. The maximum Gasteiger partial charge on any atom is 0.229 e. The summed E-state index contributed by atoms with van der Waals surface area (Å²) in [5, 5.41) is 11.0. The lowest BCUT2D eigenvalue weighted by atomic mass is 10.5. The summed E-state index contributed by atoms with van der Waals surface area (Å²) in [4.78, 5) is 14.1. The molecular formula is C9H13ClN6. The number of nitriles is 1. The fourth-order valence-electron chi connectivity index (χ4n) is 1.22. The third-order valence-electron chi connectivity index (χ3n) is 2.01. The molecule has 6 nitrogen and oxygen atoms in total. The molecule has 0 aliphatic rings. The van der Waals surface area contributed by atoms with Crippen LogP contribution < -0.4 is 10.2 Å². The second kappa shape index (κ2) is 6.08. The Kier molecular flexibility index (Phi) is 4.73. The SMILES string of the molecule is CCN(CC)c1nc(Cl)nc(CNC#N)n1. The van der Waals surface area contributed by atoms with Crippen molar-refractivity contribution >= 4 is 17.5 Å². The minimum absolute atomic E-state index is 0.145. The van der Waals surface area contributed by atoms with Gasteiger partial charge < -0.3 is 10.2 Å². The summed E-state index contributed by atoms with van der Waals surface area (Å²) in [6.07, 6.45) is 1.81. The molecule has 1 N–H and O–H groups in total. The Balaban J connectivity index is 2.93. The average Bonchev–Trinajstić information content (AvgIpc) is 2.27. The van der Waals surface area contributed by atoms with Gasteiger partial charge in [0, 0.05) is 13.1 Å². The fraction of sp³-hybridized carbons (Fsp3) is 0.556. The lowest BCUT2D eigenvalue weighted by Gasteiger charge is -2.18. The monoisotopic (exact) mass is 240 g/mol. The third-order valence-corrected chi connectivity index (χ3v) is 2.18. The van der Waals surface area contributed by atoms with Crippen LogP contribution in [-0.4, -0.2) is 28.0 Å². The largest absolute Gasteiger partial charge is 0.341 e. The van der Waals surface area contributed by atoms with E-state index in [1.54, 1.807) is 6.19 Å². The summed E-state index contributed by atoms with van der Waals surface area (Å²) in [5.41, 5.74) is 0. The number of rotatable bonds is 5. The van der Waals surface area contributed by atoms with Gasteiger partial charge in [0.25, 0.3) is 0 Å². The van der Waals surface area contributed by atoms with Crippen LogP contribution in [-0.2, 0) is 6.54 Å². The molecule has 0 aliphatic heterocycles. The molecule has 0 saturated heterocycles. The van der Waals surface area contributed by atoms with E-state index < -0.39 is 0 Å². The lowest BCUT2D eigenvalue weighted by molar-refractivity contribution is 0.755. The highest BCUT2D eigenvalue weighted by atomic mass is 35.5. The Bertz CT molecular complexity index is 384. The number of nitrogens with zero attached hydrogens (tertiary/aromatic N) is 5. The molecule has 1 rings (SSSR count). The van der Waals surface area contributed by atoms with E-state index in [1.165, 1.54) is 0 Å². The summed E-state index contributed by atoms with van der Waals surface area (Å²) in [6.45, 7) is 5.86. The van der Waals surface area contributed by atoms with Gasteiger partial charge in [-0.2, -0.15) is 15.2 Å². The van der Waals surface area contributed by atoms with Crippen LogP contribution in [0.3, 0.4) is 0 Å². The Labute approximate surface area is 99.3 Å². The number of aromatic nitrogens is 3. The van der Waals surface area contributed by atoms with Gasteiger partial charge in [-0.1, -0.05) is 0 Å². The first-order valence-electron chi connectivity index (χ1n) is 4.98. The zero-order chi connectivity index (χ0) is 12.0. The highest BCUT2D eigenvalue weighted by molar-refractivity contribution is 6.28. The van der Waals surface area contributed by atoms with Crippen molar-refractivity contribution in [2.75, 3.05) is 18.0 Å². The molecule has 86 valence electrons. The first-order chi connectivity index (χ1) is 7.71. The average molecular weight is 241 g/mol. The van der Waals surface area contributed by atoms with Gasteiger partial charge in [-0.05, 0) is 25.4 Å². The third kappa shape index (κ3) is 3.21. The molecule has 0 aromatic carbocycles. The van der Waals surface area contributed by atoms with Crippen molar-refractivity contribution in [2.45, 2.75) is 20.4 Å². The van der Waals surface area contributed by atoms with E-state index in [2.05, 4.69) is 20.3 Å². The van der Waals surface area contributed by atoms with Gasteiger partial charge in [0.05, 0.1) is 6.54 Å². The van der Waals surface area contributed by atoms with Gasteiger partial charge in [-0.25, -0.2) is 4.98 Å². The second-order valence-corrected chi connectivity index (χ2v) is 3.30. The molecule has 0 atom stereocenters. The van der Waals surface area contributed by atoms with Crippen LogP contribution in [0.15, 0.2) is 0 Å². The smallest absolute Gasteiger partial charge is 0.229 e. The predicted molar refractivity (Wildman–Crippen MR) is 60.9 cm³/mol. The molecule has 0 aliphatic carbocycles. The van der Waals surface area contributed by atoms with E-state index in [9.17, 15) is 0 Å². The van der Waals surface area contributed by atoms with Crippen LogP contribution in [0.2, 0.25) is 5.28 Å². The lowest BCUT2D eigenvalue weighted by Crippen LogP contribution is -2.25. The van der Waals surface area contributed by atoms with Crippen molar-refractivity contribution in [3.8, 4) is 6.19 Å². The van der Waals surface area contributed by atoms with Crippen LogP contribution in [0.5, 0.6) is 0 Å². The zero-order valence-corrected chi connectivity index (χ0v) is 9.99. The van der Waals surface area contributed by atoms with Gasteiger partial charge in [0.15, 0.2) is 12.0 Å². The summed E-state index contributed by atoms with van der Waals surface area (Å²) < 4.78 is 0. The highest BCUT2D eigenvalue weighted by Crippen LogP contribution is 2.10. The highest BCUT2D eigenvalue weighted by Gasteiger charge is 2.09. The number of anilines is 1. The first-order valence-corrected chi connectivity index (χ1v) is 5.36. The zero-order valence-electron chi connectivity index (χ0n) is 9.24. The van der Waals surface area contributed by atoms with E-state index in [-0.39, 0.29) is 11.8 Å². The molecule has 0 bridgehead atoms. The van der Waals surface area contributed by atoms with Crippen molar-refractivity contribution in [2.24, 2.45) is 0 Å². The van der Waals surface area contributed by atoms with Crippen molar-refractivity contribution in [1.82, 2.24) is 20.3 Å². The van der Waals surface area contributed by atoms with Crippen molar-refractivity contribution in [1.29, 1.82) is 5.26 Å². The summed E-state index contributed by atoms with van der Waals surface area (Å²) in [5.74, 6) is 1.00. The summed E-state index contributed by atoms with van der Waals surface area (Å²) >= 11 is 5.79. The Hall–Kier alpha value is -1.61. The molecule has 0 saturated carbocycles. The molecule has 0 amide bonds. The van der Waals surface area contributed by atoms with Crippen molar-refractivity contribution in [3.63, 3.8) is 0 Å². The van der Waals surface area contributed by atoms with Gasteiger partial charge in [-0.15, -0.1) is 0 Å². The molecule has 7 heteroatoms. The predicted octanol–water partition coefficient (Wildman–Crippen LogP) is 0.942. The van der Waals surface area contributed by atoms with Gasteiger partial charge in [0.1, 0.15) is 0 Å². The number of hydrogen-bond donors (Lipinski definition) is 1. The van der Waals surface area contributed by atoms with E-state index >= 15 is 0 Å². The molecule has 1 aromatic rings. The van der Waals surface area contributed by atoms with Crippen molar-refractivity contribution in [3.05, 3.63) is 11.1 Å². The standard InChI is InChI=1S/C9H13ClN6/c1-3-16(4-2)9-14-7(5-12-6-11)13-8(10)15-9/h12H,3-5H2,1-2H3. The number of hydrogen-bond acceptors (Lipinski definition) is 6. The molecule has 16 heavy (non-hydrogen) atoms. The topological polar surface area (TPSA) is 77.7 Å². The second-order valence-electron chi connectivity index (χ2n) is 2.96. The van der Waals surface area contributed by atoms with Crippen LogP contribution in [0.1, 0.15) is 19.7 Å². The van der Waals surface area contributed by atoms with Gasteiger partial charge in [0.2, 0.25) is 11.2 Å². The van der Waals surface area contributed by atoms with Gasteiger partial charge >= 0.3 is 0 Å². The van der Waals surface area contributed by atoms with Crippen molar-refractivity contribution < 1.29 is 0 Å². The number of halogens is 1. The number of nitrogens with one attached hydrogen (secondary N) is 1. The Morgan fingerprint density at radius 1 is 1.31 bits per heavy atom. The summed E-state index contributed by atoms with van der Waals surface area (Å²) in [7, 11) is 0. The molecule has 0 radical (unpaired) electrons. The maximum atomic E-state index is 8.39. The van der Waals surface area contributed by atoms with Crippen LogP contribution in [0.4, 0.5) is 5.95 Å². The van der Waals surface area contributed by atoms with E-state index in [1.807, 2.05) is 18.7 Å². The minimum atomic E-state index is 0.145. The van der Waals surface area contributed by atoms with Crippen LogP contribution in [0, 0.1) is 11.5 Å². The fourth-order valence-corrected chi connectivity index (χ4v) is 1.40. The molecule has 0 unspecified atom stereocenters. The first kappa shape index (κ1) is 12.5. The van der Waals surface area contributed by atoms with Gasteiger partial charge in [-0.3, -0.25) is 0 Å². The van der Waals surface area contributed by atoms with Crippen LogP contribution >= 0.6 is 11.6 Å². The maximum absolute atomic E-state index is 8.39. The van der Waals surface area contributed by atoms with E-state index in [0.29, 0.717) is 11.8 Å². The Morgan fingerprint density at radius 3 is 2.56 bits per heavy atom. The minimum Gasteiger partial charge on any atom is -0.341 e. The summed E-state index contributed by atoms with van der Waals surface area (Å²) in [6, 6.07) is 0. The quantitative estimate of drug-likeness (QED) is 0.610. The Morgan fingerprint density at radius 2 is 2.00 bits per heavy atom. The van der Waals surface area contributed by atoms with Crippen LogP contribution in [0.25, 0.3) is 0 Å². The molecule has 1 aromatic heterocycles. The van der Waals surface area contributed by atoms with E-state index in [4.69, 9.17) is 16.9 Å². The molecule has 1 heterocycles. The molecule has 0 fully saturated rings. The van der Waals surface area contributed by atoms with E-state index in [0.717, 1.165) is 13.1 Å². The molecule has 0 spiro atoms. The molecular weight excluding hydrogens is 228 g/mol.